The molecule has 2 heteroatoms. The van der Waals surface area contributed by atoms with Crippen LogP contribution in [0.2, 0.25) is 0 Å². The van der Waals surface area contributed by atoms with Crippen molar-refractivity contribution in [3.8, 4) is 44.5 Å². The number of fused-ring (bicyclic) bond motifs is 12. The molecular weight excluding hydrogens is 941 g/mol. The van der Waals surface area contributed by atoms with Crippen molar-refractivity contribution < 1.29 is 0 Å². The van der Waals surface area contributed by atoms with Crippen molar-refractivity contribution in [3.05, 3.63) is 257 Å². The highest BCUT2D eigenvalue weighted by atomic mass is 15.2. The minimum absolute atomic E-state index is 0.0334. The van der Waals surface area contributed by atoms with Crippen molar-refractivity contribution in [1.29, 1.82) is 0 Å². The second kappa shape index (κ2) is 17.9. The van der Waals surface area contributed by atoms with Crippen molar-refractivity contribution >= 4 is 74.3 Å². The molecule has 0 saturated carbocycles. The van der Waals surface area contributed by atoms with E-state index in [2.05, 4.69) is 274 Å². The zero-order valence-corrected chi connectivity index (χ0v) is 45.0. The minimum Gasteiger partial charge on any atom is -0.333 e. The molecule has 1 atom stereocenters. The number of anilines is 5. The highest BCUT2D eigenvalue weighted by molar-refractivity contribution is 6.23. The first kappa shape index (κ1) is 46.6. The van der Waals surface area contributed by atoms with Crippen LogP contribution in [0.3, 0.4) is 0 Å². The van der Waals surface area contributed by atoms with Gasteiger partial charge in [0.15, 0.2) is 0 Å². The molecule has 5 aliphatic rings. The van der Waals surface area contributed by atoms with Crippen molar-refractivity contribution in [2.24, 2.45) is 0 Å². The van der Waals surface area contributed by atoms with Gasteiger partial charge >= 0.3 is 0 Å². The molecule has 0 N–H and O–H groups in total. The van der Waals surface area contributed by atoms with Crippen molar-refractivity contribution in [2.45, 2.75) is 76.7 Å². The summed E-state index contributed by atoms with van der Waals surface area (Å²) >= 11 is 0. The Kier molecular flexibility index (Phi) is 10.7. The second-order valence-electron chi connectivity index (χ2n) is 22.3. The lowest BCUT2D eigenvalue weighted by molar-refractivity contribution is 0.485. The molecule has 1 unspecified atom stereocenters. The topological polar surface area (TPSA) is 6.48 Å². The summed E-state index contributed by atoms with van der Waals surface area (Å²) in [5.41, 5.74) is 27.2. The lowest BCUT2D eigenvalue weighted by atomic mass is 9.71. The third-order valence-electron chi connectivity index (χ3n) is 19.0. The minimum atomic E-state index is -0.171. The van der Waals surface area contributed by atoms with Gasteiger partial charge in [-0.3, -0.25) is 0 Å². The Bertz CT molecular complexity index is 4250. The van der Waals surface area contributed by atoms with E-state index < -0.39 is 0 Å². The number of benzene rings is 10. The molecule has 78 heavy (non-hydrogen) atoms. The molecule has 10 aromatic rings. The van der Waals surface area contributed by atoms with Crippen LogP contribution in [-0.2, 0) is 10.8 Å². The first-order chi connectivity index (χ1) is 38.5. The highest BCUT2D eigenvalue weighted by Gasteiger charge is 2.46. The fraction of sp³-hybridized carbons (Fsp3) is 0.158. The Labute approximate surface area is 459 Å². The van der Waals surface area contributed by atoms with Crippen LogP contribution in [0, 0.1) is 0 Å². The largest absolute Gasteiger partial charge is 0.333 e. The zero-order valence-electron chi connectivity index (χ0n) is 45.0. The third-order valence-corrected chi connectivity index (χ3v) is 19.0. The van der Waals surface area contributed by atoms with Gasteiger partial charge in [0.05, 0.1) is 17.4 Å². The first-order valence-corrected chi connectivity index (χ1v) is 28.6. The van der Waals surface area contributed by atoms with Crippen LogP contribution in [0.15, 0.2) is 212 Å². The van der Waals surface area contributed by atoms with Gasteiger partial charge in [0.2, 0.25) is 0 Å². The van der Waals surface area contributed by atoms with Crippen molar-refractivity contribution in [1.82, 2.24) is 0 Å². The quantitative estimate of drug-likeness (QED) is 0.140. The Hall–Kier alpha value is -8.72. The predicted molar refractivity (Wildman–Crippen MR) is 334 cm³/mol. The van der Waals surface area contributed by atoms with Crippen LogP contribution < -0.4 is 9.80 Å². The Morgan fingerprint density at radius 2 is 0.885 bits per heavy atom. The van der Waals surface area contributed by atoms with Gasteiger partial charge in [-0.15, -0.1) is 0 Å². The fourth-order valence-corrected chi connectivity index (χ4v) is 15.1. The van der Waals surface area contributed by atoms with E-state index in [4.69, 9.17) is 0 Å². The van der Waals surface area contributed by atoms with Crippen molar-refractivity contribution in [3.63, 3.8) is 0 Å². The van der Waals surface area contributed by atoms with Crippen LogP contribution in [0.4, 0.5) is 28.4 Å². The highest BCUT2D eigenvalue weighted by Crippen LogP contribution is 2.61. The summed E-state index contributed by atoms with van der Waals surface area (Å²) in [6, 6.07) is 72.6. The average molecular weight is 1000 g/mol. The van der Waals surface area contributed by atoms with Gasteiger partial charge in [0.1, 0.15) is 0 Å². The Balaban J connectivity index is 1.04. The van der Waals surface area contributed by atoms with Crippen LogP contribution in [-0.4, -0.2) is 6.04 Å². The van der Waals surface area contributed by atoms with E-state index in [-0.39, 0.29) is 16.9 Å². The van der Waals surface area contributed by atoms with Crippen LogP contribution in [0.5, 0.6) is 0 Å². The molecule has 0 aromatic heterocycles. The molecule has 0 bridgehead atoms. The number of para-hydroxylation sites is 3. The average Bonchev–Trinajstić information content (AvgIpc) is 3.01. The molecule has 0 radical (unpaired) electrons. The maximum absolute atomic E-state index is 2.68. The van der Waals surface area contributed by atoms with Crippen LogP contribution in [0.25, 0.3) is 90.4 Å². The summed E-state index contributed by atoms with van der Waals surface area (Å²) in [4.78, 5) is 5.07. The Morgan fingerprint density at radius 3 is 1.54 bits per heavy atom. The van der Waals surface area contributed by atoms with E-state index in [0.717, 1.165) is 37.8 Å². The molecule has 0 saturated heterocycles. The summed E-state index contributed by atoms with van der Waals surface area (Å²) in [5, 5.41) is 5.10. The molecule has 15 rings (SSSR count). The number of allylic oxidation sites excluding steroid dienone is 2. The summed E-state index contributed by atoms with van der Waals surface area (Å²) < 4.78 is 0. The summed E-state index contributed by atoms with van der Waals surface area (Å²) in [6.45, 7) is 9.67. The normalized spacial score (nSPS) is 16.4. The Morgan fingerprint density at radius 1 is 0.385 bits per heavy atom. The van der Waals surface area contributed by atoms with E-state index in [9.17, 15) is 0 Å². The van der Waals surface area contributed by atoms with Crippen LogP contribution in [0.1, 0.15) is 104 Å². The van der Waals surface area contributed by atoms with E-state index in [1.54, 1.807) is 0 Å². The fourth-order valence-electron chi connectivity index (χ4n) is 15.1. The second-order valence-corrected chi connectivity index (χ2v) is 22.3. The van der Waals surface area contributed by atoms with Gasteiger partial charge in [0, 0.05) is 27.9 Å². The zero-order chi connectivity index (χ0) is 52.3. The monoisotopic (exact) mass is 1000 g/mol. The van der Waals surface area contributed by atoms with Crippen LogP contribution >= 0.6 is 0 Å². The maximum atomic E-state index is 2.68. The van der Waals surface area contributed by atoms with Gasteiger partial charge in [-0.1, -0.05) is 204 Å². The number of hydrogen-bond donors (Lipinski definition) is 0. The number of nitrogens with zero attached hydrogens (tertiary/aromatic N) is 2. The molecule has 3 aliphatic carbocycles. The predicted octanol–water partition coefficient (Wildman–Crippen LogP) is 21.0. The molecular formula is C76H62N2. The smallest absolute Gasteiger partial charge is 0.0560 e. The molecule has 2 heterocycles. The lowest BCUT2D eigenvalue weighted by Crippen LogP contribution is -2.30. The molecule has 2 nitrogen and oxygen atoms in total. The maximum Gasteiger partial charge on any atom is 0.0560 e. The van der Waals surface area contributed by atoms with E-state index >= 15 is 0 Å². The summed E-state index contributed by atoms with van der Waals surface area (Å²) in [5.74, 6) is 0. The molecule has 0 fully saturated rings. The van der Waals surface area contributed by atoms with E-state index in [1.165, 1.54) is 133 Å². The molecule has 10 aromatic carbocycles. The van der Waals surface area contributed by atoms with Gasteiger partial charge in [-0.05, 0) is 203 Å². The standard InChI is InChI=1S/C76H62N2/c1-5-75(6-2)65-32-20-19-29-57(65)61-46-67-62(47-66(61)75)60-45-63-64(48-68(60)76(67,7-3)8-4)74(54-42-40-52-38-36-50-24-16-22-34-70(50)78(72(52)44-54)56-27-13-10-14-28-56)59-31-18-17-30-58(59)73(63)53-41-39-51-37-35-49-23-15-21-33-69(49)77(71(51)43-53)55-25-11-9-12-26-55/h9-27,29-48,56H,5-8,28H2,1-4H3. The number of rotatable bonds is 8. The van der Waals surface area contributed by atoms with E-state index in [1.807, 2.05) is 0 Å². The summed E-state index contributed by atoms with van der Waals surface area (Å²) in [6.07, 6.45) is 23.4. The molecule has 2 aliphatic heterocycles. The molecule has 376 valence electrons. The van der Waals surface area contributed by atoms with E-state index in [0.29, 0.717) is 0 Å². The van der Waals surface area contributed by atoms with Gasteiger partial charge in [-0.25, -0.2) is 0 Å². The van der Waals surface area contributed by atoms with Crippen molar-refractivity contribution in [2.75, 3.05) is 9.80 Å². The van der Waals surface area contributed by atoms with Gasteiger partial charge in [-0.2, -0.15) is 0 Å². The summed E-state index contributed by atoms with van der Waals surface area (Å²) in [7, 11) is 0. The third kappa shape index (κ3) is 6.62. The molecule has 0 spiro atoms. The lowest BCUT2D eigenvalue weighted by Gasteiger charge is -2.34. The van der Waals surface area contributed by atoms with Gasteiger partial charge in [0.25, 0.3) is 0 Å². The van der Waals surface area contributed by atoms with Gasteiger partial charge < -0.3 is 9.80 Å². The SMILES string of the molecule is CCC1(CC)c2ccccc2-c2cc3c(cc21)-c1cc2c(-c4ccc5c(c4)N(c4ccccc4)c4ccccc4C=C5)c4ccccc4c(-c4ccc5c(c4)N(C4C=CC=CC4)c4ccccc4C=C5)c2cc1C3(CC)CC. The first-order valence-electron chi connectivity index (χ1n) is 28.6. The molecule has 0 amide bonds. The number of hydrogen-bond acceptors (Lipinski definition) is 2.